The Kier molecular flexibility index (Phi) is 6.46. The van der Waals surface area contributed by atoms with Crippen molar-refractivity contribution in [2.45, 2.75) is 26.2 Å². The van der Waals surface area contributed by atoms with Crippen molar-refractivity contribution in [1.29, 1.82) is 0 Å². The molecule has 2 aromatic rings. The van der Waals surface area contributed by atoms with Gasteiger partial charge in [0, 0.05) is 17.7 Å². The van der Waals surface area contributed by atoms with E-state index in [2.05, 4.69) is 6.92 Å². The Bertz CT molecular complexity index is 764. The van der Waals surface area contributed by atoms with Crippen LogP contribution in [0.1, 0.15) is 37.3 Å². The molecule has 5 heteroatoms. The first-order valence-corrected chi connectivity index (χ1v) is 8.20. The lowest BCUT2D eigenvalue weighted by Gasteiger charge is -2.15. The summed E-state index contributed by atoms with van der Waals surface area (Å²) in [5, 5.41) is 10.9. The first-order valence-electron chi connectivity index (χ1n) is 8.20. The van der Waals surface area contributed by atoms with Crippen molar-refractivity contribution in [1.82, 2.24) is 0 Å². The van der Waals surface area contributed by atoms with E-state index in [9.17, 15) is 14.9 Å². The molecule has 0 aliphatic heterocycles. The van der Waals surface area contributed by atoms with Gasteiger partial charge in [-0.2, -0.15) is 0 Å². The van der Waals surface area contributed by atoms with Gasteiger partial charge < -0.3 is 4.74 Å². The molecule has 0 heterocycles. The van der Waals surface area contributed by atoms with E-state index in [1.54, 1.807) is 12.1 Å². The van der Waals surface area contributed by atoms with Crippen LogP contribution in [0.5, 0.6) is 0 Å². The summed E-state index contributed by atoms with van der Waals surface area (Å²) in [6.07, 6.45) is 2.39. The van der Waals surface area contributed by atoms with Crippen LogP contribution in [0.4, 0.5) is 5.69 Å². The summed E-state index contributed by atoms with van der Waals surface area (Å²) >= 11 is 0. The molecule has 0 N–H and O–H groups in total. The number of carbonyl (C=O) groups excluding carboxylic acids is 1. The Balaban J connectivity index is 2.64. The summed E-state index contributed by atoms with van der Waals surface area (Å²) in [5.74, 6) is -0.370. The highest BCUT2D eigenvalue weighted by Crippen LogP contribution is 2.31. The van der Waals surface area contributed by atoms with Crippen LogP contribution in [0.2, 0.25) is 0 Å². The Morgan fingerprint density at radius 1 is 1.04 bits per heavy atom. The lowest BCUT2D eigenvalue weighted by Crippen LogP contribution is -2.09. The highest BCUT2D eigenvalue weighted by Gasteiger charge is 2.19. The second-order valence-electron chi connectivity index (χ2n) is 5.62. The van der Waals surface area contributed by atoms with E-state index in [1.807, 2.05) is 30.3 Å². The van der Waals surface area contributed by atoms with E-state index in [-0.39, 0.29) is 11.7 Å². The molecule has 0 aliphatic carbocycles. The molecule has 0 saturated carbocycles. The molecule has 5 nitrogen and oxygen atoms in total. The number of nitrogens with zero attached hydrogens (tertiary/aromatic N) is 1. The average Bonchev–Trinajstić information content (AvgIpc) is 2.65. The zero-order valence-electron chi connectivity index (χ0n) is 14.4. The van der Waals surface area contributed by atoms with Gasteiger partial charge >= 0.3 is 5.97 Å². The predicted octanol–water partition coefficient (Wildman–Crippen LogP) is 4.76. The second-order valence-corrected chi connectivity index (χ2v) is 5.62. The molecule has 0 unspecified atom stereocenters. The number of hydrogen-bond donors (Lipinski definition) is 0. The molecule has 0 bridgehead atoms. The van der Waals surface area contributed by atoms with Crippen LogP contribution < -0.4 is 0 Å². The fourth-order valence-electron chi connectivity index (χ4n) is 2.68. The van der Waals surface area contributed by atoms with Crippen molar-refractivity contribution in [3.8, 4) is 0 Å². The third-order valence-electron chi connectivity index (χ3n) is 3.94. The molecule has 130 valence electrons. The number of esters is 1. The molecule has 0 aromatic heterocycles. The van der Waals surface area contributed by atoms with Crippen molar-refractivity contribution in [2.75, 3.05) is 7.11 Å². The fraction of sp³-hybridized carbons (Fsp3) is 0.250. The van der Waals surface area contributed by atoms with Gasteiger partial charge in [-0.25, -0.2) is 4.79 Å². The highest BCUT2D eigenvalue weighted by atomic mass is 16.6. The summed E-state index contributed by atoms with van der Waals surface area (Å²) in [4.78, 5) is 22.9. The monoisotopic (exact) mass is 339 g/mol. The van der Waals surface area contributed by atoms with Gasteiger partial charge in [0.25, 0.3) is 5.69 Å². The fourth-order valence-corrected chi connectivity index (χ4v) is 2.68. The van der Waals surface area contributed by atoms with Gasteiger partial charge in [-0.15, -0.1) is 0 Å². The summed E-state index contributed by atoms with van der Waals surface area (Å²) in [7, 11) is 1.37. The van der Waals surface area contributed by atoms with Crippen LogP contribution in [-0.2, 0) is 9.53 Å². The summed E-state index contributed by atoms with van der Waals surface area (Å²) < 4.78 is 4.99. The number of methoxy groups -OCH3 is 1. The van der Waals surface area contributed by atoms with E-state index in [1.165, 1.54) is 19.2 Å². The quantitative estimate of drug-likeness (QED) is 0.316. The minimum absolute atomic E-state index is 0.0179. The lowest BCUT2D eigenvalue weighted by molar-refractivity contribution is -0.384. The number of ether oxygens (including phenoxy) is 1. The van der Waals surface area contributed by atoms with Crippen LogP contribution in [0.15, 0.2) is 60.2 Å². The molecule has 0 saturated heterocycles. The molecule has 0 amide bonds. The Morgan fingerprint density at radius 2 is 1.64 bits per heavy atom. The number of non-ortho nitro benzene ring substituents is 1. The normalized spacial score (nSPS) is 11.6. The molecule has 0 fully saturated rings. The predicted molar refractivity (Wildman–Crippen MR) is 97.1 cm³/mol. The smallest absolute Gasteiger partial charge is 0.334 e. The Hall–Kier alpha value is -2.95. The first kappa shape index (κ1) is 18.4. The van der Waals surface area contributed by atoms with E-state index in [0.717, 1.165) is 29.5 Å². The highest BCUT2D eigenvalue weighted by molar-refractivity contribution is 6.01. The van der Waals surface area contributed by atoms with Crippen molar-refractivity contribution in [2.24, 2.45) is 0 Å². The van der Waals surface area contributed by atoms with E-state index in [0.29, 0.717) is 12.0 Å². The largest absolute Gasteiger partial charge is 0.466 e. The SMILES string of the molecule is CCCC/C(C(=O)OC)=C(\c1ccccc1)c1ccc([N+](=O)[O-])cc1. The van der Waals surface area contributed by atoms with Crippen LogP contribution in [0.25, 0.3) is 5.57 Å². The molecular formula is C20H21NO4. The van der Waals surface area contributed by atoms with Crippen LogP contribution >= 0.6 is 0 Å². The Morgan fingerprint density at radius 3 is 2.16 bits per heavy atom. The van der Waals surface area contributed by atoms with Gasteiger partial charge in [0.1, 0.15) is 0 Å². The maximum atomic E-state index is 12.4. The van der Waals surface area contributed by atoms with Crippen molar-refractivity contribution >= 4 is 17.2 Å². The molecule has 0 radical (unpaired) electrons. The number of unbranched alkanes of at least 4 members (excludes halogenated alkanes) is 1. The molecular weight excluding hydrogens is 318 g/mol. The Labute approximate surface area is 147 Å². The summed E-state index contributed by atoms with van der Waals surface area (Å²) in [6.45, 7) is 2.06. The van der Waals surface area contributed by atoms with E-state index >= 15 is 0 Å². The van der Waals surface area contributed by atoms with Crippen LogP contribution in [-0.4, -0.2) is 18.0 Å². The number of nitro groups is 1. The van der Waals surface area contributed by atoms with Crippen LogP contribution in [0, 0.1) is 10.1 Å². The minimum Gasteiger partial charge on any atom is -0.466 e. The van der Waals surface area contributed by atoms with Crippen molar-refractivity contribution in [3.63, 3.8) is 0 Å². The zero-order chi connectivity index (χ0) is 18.2. The molecule has 2 rings (SSSR count). The third-order valence-corrected chi connectivity index (χ3v) is 3.94. The van der Waals surface area contributed by atoms with Gasteiger partial charge in [-0.3, -0.25) is 10.1 Å². The van der Waals surface area contributed by atoms with Crippen LogP contribution in [0.3, 0.4) is 0 Å². The van der Waals surface area contributed by atoms with Gasteiger partial charge in [-0.1, -0.05) is 43.7 Å². The molecule has 2 aromatic carbocycles. The number of benzene rings is 2. The lowest BCUT2D eigenvalue weighted by atomic mass is 9.90. The molecule has 0 spiro atoms. The summed E-state index contributed by atoms with van der Waals surface area (Å²) in [5.41, 5.74) is 3.01. The van der Waals surface area contributed by atoms with Gasteiger partial charge in [0.2, 0.25) is 0 Å². The maximum absolute atomic E-state index is 12.4. The third kappa shape index (κ3) is 4.53. The molecule has 0 aliphatic rings. The van der Waals surface area contributed by atoms with E-state index < -0.39 is 4.92 Å². The second kappa shape index (κ2) is 8.78. The maximum Gasteiger partial charge on any atom is 0.334 e. The number of carbonyl (C=O) groups is 1. The average molecular weight is 339 g/mol. The van der Waals surface area contributed by atoms with Crippen molar-refractivity contribution in [3.05, 3.63) is 81.4 Å². The van der Waals surface area contributed by atoms with E-state index in [4.69, 9.17) is 4.74 Å². The standard InChI is InChI=1S/C20H21NO4/c1-3-4-10-18(20(22)25-2)19(15-8-6-5-7-9-15)16-11-13-17(14-12-16)21(23)24/h5-9,11-14H,3-4,10H2,1-2H3/b19-18-. The van der Waals surface area contributed by atoms with Gasteiger partial charge in [0.15, 0.2) is 0 Å². The topological polar surface area (TPSA) is 69.4 Å². The number of rotatable bonds is 7. The number of hydrogen-bond acceptors (Lipinski definition) is 4. The van der Waals surface area contributed by atoms with Crippen molar-refractivity contribution < 1.29 is 14.5 Å². The first-order chi connectivity index (χ1) is 12.1. The zero-order valence-corrected chi connectivity index (χ0v) is 14.4. The molecule has 0 atom stereocenters. The van der Waals surface area contributed by atoms with Gasteiger partial charge in [0.05, 0.1) is 12.0 Å². The van der Waals surface area contributed by atoms with Gasteiger partial charge in [-0.05, 0) is 41.7 Å². The summed E-state index contributed by atoms with van der Waals surface area (Å²) in [6, 6.07) is 15.8. The molecule has 25 heavy (non-hydrogen) atoms. The minimum atomic E-state index is -0.437. The number of nitro benzene ring substituents is 1.